The fraction of sp³-hybridized carbons (Fsp3) is 0.355. The number of methoxy groups -OCH3 is 1. The Balaban J connectivity index is 2.10. The summed E-state index contributed by atoms with van der Waals surface area (Å²) in [5.74, 6) is -0.488. The van der Waals surface area contributed by atoms with E-state index in [0.29, 0.717) is 5.75 Å². The molecule has 8 nitrogen and oxygen atoms in total. The number of nitrogens with zero attached hydrogens (tertiary/aromatic N) is 2. The van der Waals surface area contributed by atoms with Crippen LogP contribution >= 0.6 is 15.9 Å². The summed E-state index contributed by atoms with van der Waals surface area (Å²) in [6.07, 6.45) is 2.04. The van der Waals surface area contributed by atoms with Crippen LogP contribution in [0.2, 0.25) is 0 Å². The summed E-state index contributed by atoms with van der Waals surface area (Å²) in [4.78, 5) is 29.4. The van der Waals surface area contributed by atoms with Gasteiger partial charge in [-0.3, -0.25) is 13.9 Å². The van der Waals surface area contributed by atoms with Gasteiger partial charge in [0.25, 0.3) is 0 Å². The number of carbonyl (C=O) groups excluding carboxylic acids is 2. The molecule has 3 aromatic carbocycles. The van der Waals surface area contributed by atoms with E-state index >= 15 is 0 Å². The van der Waals surface area contributed by atoms with Crippen LogP contribution in [0.4, 0.5) is 5.69 Å². The van der Waals surface area contributed by atoms with Crippen LogP contribution in [-0.4, -0.2) is 57.1 Å². The van der Waals surface area contributed by atoms with Crippen LogP contribution in [0.5, 0.6) is 5.75 Å². The zero-order valence-corrected chi connectivity index (χ0v) is 26.5. The monoisotopic (exact) mass is 643 g/mol. The first kappa shape index (κ1) is 32.1. The first-order valence-corrected chi connectivity index (χ1v) is 16.1. The number of anilines is 1. The van der Waals surface area contributed by atoms with Crippen molar-refractivity contribution in [3.05, 3.63) is 94.0 Å². The van der Waals surface area contributed by atoms with Crippen LogP contribution in [0.3, 0.4) is 0 Å². The predicted molar refractivity (Wildman–Crippen MR) is 166 cm³/mol. The molecule has 220 valence electrons. The molecule has 0 spiro atoms. The Bertz CT molecular complexity index is 1430. The zero-order valence-electron chi connectivity index (χ0n) is 24.1. The highest BCUT2D eigenvalue weighted by Crippen LogP contribution is 2.31. The van der Waals surface area contributed by atoms with Crippen molar-refractivity contribution in [3.63, 3.8) is 0 Å². The van der Waals surface area contributed by atoms with Crippen molar-refractivity contribution in [1.29, 1.82) is 0 Å². The molecule has 0 aromatic heterocycles. The molecule has 0 radical (unpaired) electrons. The number of benzene rings is 3. The average Bonchev–Trinajstić information content (AvgIpc) is 2.94. The number of carbonyl (C=O) groups is 2. The largest absolute Gasteiger partial charge is 0.495 e. The van der Waals surface area contributed by atoms with Crippen molar-refractivity contribution in [3.8, 4) is 5.75 Å². The van der Waals surface area contributed by atoms with Crippen molar-refractivity contribution < 1.29 is 22.7 Å². The maximum absolute atomic E-state index is 14.2. The van der Waals surface area contributed by atoms with Gasteiger partial charge in [-0.25, -0.2) is 8.42 Å². The second-order valence-electron chi connectivity index (χ2n) is 10.1. The Morgan fingerprint density at radius 3 is 2.24 bits per heavy atom. The number of aryl methyl sites for hydroxylation is 1. The van der Waals surface area contributed by atoms with Gasteiger partial charge in [-0.2, -0.15) is 0 Å². The van der Waals surface area contributed by atoms with Gasteiger partial charge in [0.15, 0.2) is 0 Å². The molecule has 1 N–H and O–H groups in total. The van der Waals surface area contributed by atoms with E-state index in [-0.39, 0.29) is 30.6 Å². The Hall–Kier alpha value is -3.37. The van der Waals surface area contributed by atoms with Crippen LogP contribution in [-0.2, 0) is 32.6 Å². The maximum atomic E-state index is 14.2. The number of halogens is 1. The van der Waals surface area contributed by atoms with Gasteiger partial charge < -0.3 is 15.0 Å². The molecule has 0 heterocycles. The summed E-state index contributed by atoms with van der Waals surface area (Å²) in [6, 6.07) is 21.1. The van der Waals surface area contributed by atoms with E-state index < -0.39 is 28.5 Å². The number of ether oxygens (including phenoxy) is 1. The minimum atomic E-state index is -3.90. The van der Waals surface area contributed by atoms with Crippen LogP contribution in [0.1, 0.15) is 37.0 Å². The molecular weight excluding hydrogens is 606 g/mol. The smallest absolute Gasteiger partial charge is 0.244 e. The summed E-state index contributed by atoms with van der Waals surface area (Å²) < 4.78 is 33.5. The number of hydrogen-bond donors (Lipinski definition) is 1. The van der Waals surface area contributed by atoms with Crippen molar-refractivity contribution in [2.75, 3.05) is 24.2 Å². The molecule has 3 aromatic rings. The Kier molecular flexibility index (Phi) is 11.4. The molecule has 2 atom stereocenters. The third-order valence-corrected chi connectivity index (χ3v) is 8.48. The average molecular weight is 645 g/mol. The number of amides is 2. The normalized spacial score (nSPS) is 12.7. The summed E-state index contributed by atoms with van der Waals surface area (Å²) in [5.41, 5.74) is 2.75. The molecule has 0 fully saturated rings. The fourth-order valence-corrected chi connectivity index (χ4v) is 5.48. The van der Waals surface area contributed by atoms with Crippen molar-refractivity contribution in [1.82, 2.24) is 10.2 Å². The molecule has 3 rings (SSSR count). The molecular formula is C31H38BrN3O5S. The molecule has 10 heteroatoms. The Labute approximate surface area is 251 Å². The first-order chi connectivity index (χ1) is 19.4. The summed E-state index contributed by atoms with van der Waals surface area (Å²) in [5, 5.41) is 3.03. The molecule has 41 heavy (non-hydrogen) atoms. The molecule has 0 aliphatic heterocycles. The van der Waals surface area contributed by atoms with Gasteiger partial charge in [0.2, 0.25) is 21.8 Å². The lowest BCUT2D eigenvalue weighted by Gasteiger charge is -2.34. The summed E-state index contributed by atoms with van der Waals surface area (Å²) >= 11 is 3.44. The molecule has 0 bridgehead atoms. The molecule has 0 aliphatic rings. The van der Waals surface area contributed by atoms with E-state index in [9.17, 15) is 18.0 Å². The van der Waals surface area contributed by atoms with Crippen molar-refractivity contribution >= 4 is 43.5 Å². The number of sulfonamides is 1. The number of rotatable bonds is 13. The summed E-state index contributed by atoms with van der Waals surface area (Å²) in [7, 11) is -2.45. The topological polar surface area (TPSA) is 96.0 Å². The lowest BCUT2D eigenvalue weighted by Crippen LogP contribution is -2.54. The maximum Gasteiger partial charge on any atom is 0.244 e. The molecule has 0 saturated heterocycles. The van der Waals surface area contributed by atoms with Gasteiger partial charge in [-0.1, -0.05) is 71.4 Å². The van der Waals surface area contributed by atoms with Crippen LogP contribution in [0.15, 0.2) is 77.3 Å². The number of hydrogen-bond acceptors (Lipinski definition) is 5. The number of nitrogens with one attached hydrogen (secondary N) is 1. The van der Waals surface area contributed by atoms with Gasteiger partial charge in [0, 0.05) is 23.5 Å². The fourth-order valence-electron chi connectivity index (χ4n) is 4.37. The SMILES string of the molecule is CC[C@@H](C)NC(=O)[C@H](Cc1ccccc1)N(Cc1ccc(Br)cc1)C(=O)CN(c1cc(C)ccc1OC)S(C)(=O)=O. The van der Waals surface area contributed by atoms with Gasteiger partial charge >= 0.3 is 0 Å². The quantitative estimate of drug-likeness (QED) is 0.280. The van der Waals surface area contributed by atoms with Crippen LogP contribution in [0, 0.1) is 6.92 Å². The van der Waals surface area contributed by atoms with Crippen LogP contribution < -0.4 is 14.4 Å². The van der Waals surface area contributed by atoms with Gasteiger partial charge in [0.05, 0.1) is 19.1 Å². The third kappa shape index (κ3) is 9.06. The Morgan fingerprint density at radius 1 is 1.00 bits per heavy atom. The lowest BCUT2D eigenvalue weighted by atomic mass is 10.0. The van der Waals surface area contributed by atoms with E-state index in [0.717, 1.165) is 38.1 Å². The molecule has 0 aliphatic carbocycles. The van der Waals surface area contributed by atoms with Gasteiger partial charge in [0.1, 0.15) is 18.3 Å². The van der Waals surface area contributed by atoms with Gasteiger partial charge in [-0.15, -0.1) is 0 Å². The van der Waals surface area contributed by atoms with E-state index in [1.54, 1.807) is 18.2 Å². The molecule has 2 amide bonds. The van der Waals surface area contributed by atoms with Crippen LogP contribution in [0.25, 0.3) is 0 Å². The second-order valence-corrected chi connectivity index (χ2v) is 12.9. The predicted octanol–water partition coefficient (Wildman–Crippen LogP) is 5.09. The minimum Gasteiger partial charge on any atom is -0.495 e. The lowest BCUT2D eigenvalue weighted by molar-refractivity contribution is -0.140. The highest BCUT2D eigenvalue weighted by atomic mass is 79.9. The third-order valence-electron chi connectivity index (χ3n) is 6.82. The highest BCUT2D eigenvalue weighted by Gasteiger charge is 2.34. The van der Waals surface area contributed by atoms with E-state index in [1.807, 2.05) is 75.4 Å². The first-order valence-electron chi connectivity index (χ1n) is 13.4. The van der Waals surface area contributed by atoms with E-state index in [1.165, 1.54) is 12.0 Å². The highest BCUT2D eigenvalue weighted by molar-refractivity contribution is 9.10. The second kappa shape index (κ2) is 14.5. The molecule has 0 unspecified atom stereocenters. The van der Waals surface area contributed by atoms with Crippen molar-refractivity contribution in [2.45, 2.75) is 52.2 Å². The summed E-state index contributed by atoms with van der Waals surface area (Å²) in [6.45, 7) is 5.33. The van der Waals surface area contributed by atoms with Gasteiger partial charge in [-0.05, 0) is 61.2 Å². The van der Waals surface area contributed by atoms with E-state index in [2.05, 4.69) is 21.2 Å². The van der Waals surface area contributed by atoms with E-state index in [4.69, 9.17) is 4.74 Å². The zero-order chi connectivity index (χ0) is 30.2. The van der Waals surface area contributed by atoms with Crippen molar-refractivity contribution in [2.24, 2.45) is 0 Å². The minimum absolute atomic E-state index is 0.102. The molecule has 0 saturated carbocycles. The Morgan fingerprint density at radius 2 is 1.66 bits per heavy atom. The standard InChI is InChI=1S/C31H38BrN3O5S/c1-6-23(3)33-31(37)28(19-24-10-8-7-9-11-24)34(20-25-13-15-26(32)16-14-25)30(36)21-35(41(5,38)39)27-18-22(2)12-17-29(27)40-4/h7-18,23,28H,6,19-21H2,1-5H3,(H,33,37)/t23-,28+/m1/s1.